The van der Waals surface area contributed by atoms with Gasteiger partial charge in [-0.2, -0.15) is 10.5 Å². The Morgan fingerprint density at radius 1 is 0.964 bits per heavy atom. The zero-order valence-corrected chi connectivity index (χ0v) is 15.5. The van der Waals surface area contributed by atoms with Crippen molar-refractivity contribution in [3.8, 4) is 29.1 Å². The SMILES string of the molecule is COc1ccc(-c2cc3ncn(C)c3cn2)cc1C#N.N#Cc1ccccc1. The Bertz CT molecular complexity index is 1180. The molecule has 4 rings (SSSR count). The predicted octanol–water partition coefficient (Wildman–Crippen LogP) is 4.07. The molecule has 136 valence electrons. The summed E-state index contributed by atoms with van der Waals surface area (Å²) in [4.78, 5) is 8.74. The zero-order valence-electron chi connectivity index (χ0n) is 15.5. The van der Waals surface area contributed by atoms with Gasteiger partial charge in [-0.25, -0.2) is 4.98 Å². The van der Waals surface area contributed by atoms with Gasteiger partial charge >= 0.3 is 0 Å². The lowest BCUT2D eigenvalue weighted by atomic mass is 10.1. The second-order valence-electron chi connectivity index (χ2n) is 5.92. The maximum absolute atomic E-state index is 9.13. The van der Waals surface area contributed by atoms with Crippen LogP contribution in [-0.4, -0.2) is 21.6 Å². The van der Waals surface area contributed by atoms with Crippen LogP contribution in [0.5, 0.6) is 5.75 Å². The lowest BCUT2D eigenvalue weighted by molar-refractivity contribution is 0.413. The number of benzene rings is 2. The fourth-order valence-corrected chi connectivity index (χ4v) is 2.65. The van der Waals surface area contributed by atoms with E-state index in [1.165, 1.54) is 0 Å². The number of hydrogen-bond donors (Lipinski definition) is 0. The van der Waals surface area contributed by atoms with Crippen molar-refractivity contribution >= 4 is 11.0 Å². The Balaban J connectivity index is 0.000000236. The first-order valence-corrected chi connectivity index (χ1v) is 8.47. The van der Waals surface area contributed by atoms with Gasteiger partial charge in [-0.15, -0.1) is 0 Å². The molecular weight excluding hydrogens is 350 g/mol. The topological polar surface area (TPSA) is 87.5 Å². The van der Waals surface area contributed by atoms with E-state index in [2.05, 4.69) is 16.0 Å². The predicted molar refractivity (Wildman–Crippen MR) is 106 cm³/mol. The van der Waals surface area contributed by atoms with Crippen LogP contribution in [0.1, 0.15) is 11.1 Å². The summed E-state index contributed by atoms with van der Waals surface area (Å²) in [6.45, 7) is 0. The fraction of sp³-hybridized carbons (Fsp3) is 0.0909. The standard InChI is InChI=1S/C15H12N4O.C7H5N/c1-19-9-18-13-6-12(17-8-14(13)19)10-3-4-15(20-2)11(5-10)7-16;8-6-7-4-2-1-3-5-7/h3-6,8-9H,1-2H3;1-5H. The van der Waals surface area contributed by atoms with Gasteiger partial charge in [0.25, 0.3) is 0 Å². The van der Waals surface area contributed by atoms with E-state index < -0.39 is 0 Å². The third-order valence-corrected chi connectivity index (χ3v) is 4.13. The number of nitrogens with zero attached hydrogens (tertiary/aromatic N) is 5. The van der Waals surface area contributed by atoms with Crippen LogP contribution in [0.4, 0.5) is 0 Å². The lowest BCUT2D eigenvalue weighted by Gasteiger charge is -2.05. The van der Waals surface area contributed by atoms with Crippen molar-refractivity contribution < 1.29 is 4.74 Å². The molecule has 0 amide bonds. The Morgan fingerprint density at radius 3 is 2.39 bits per heavy atom. The van der Waals surface area contributed by atoms with Crippen LogP contribution in [0.25, 0.3) is 22.3 Å². The number of hydrogen-bond acceptors (Lipinski definition) is 5. The number of fused-ring (bicyclic) bond motifs is 1. The minimum absolute atomic E-state index is 0.493. The maximum atomic E-state index is 9.13. The largest absolute Gasteiger partial charge is 0.495 e. The summed E-state index contributed by atoms with van der Waals surface area (Å²) in [6, 6.07) is 20.6. The van der Waals surface area contributed by atoms with Gasteiger partial charge in [0.05, 0.1) is 53.6 Å². The molecule has 0 aliphatic heterocycles. The molecule has 0 aliphatic carbocycles. The molecule has 28 heavy (non-hydrogen) atoms. The molecule has 0 saturated carbocycles. The van der Waals surface area contributed by atoms with Crippen molar-refractivity contribution in [2.45, 2.75) is 0 Å². The highest BCUT2D eigenvalue weighted by molar-refractivity contribution is 5.79. The fourth-order valence-electron chi connectivity index (χ4n) is 2.65. The van der Waals surface area contributed by atoms with E-state index in [1.54, 1.807) is 43.9 Å². The first-order chi connectivity index (χ1) is 13.7. The van der Waals surface area contributed by atoms with Gasteiger partial charge in [-0.3, -0.25) is 4.98 Å². The first-order valence-electron chi connectivity index (χ1n) is 8.47. The van der Waals surface area contributed by atoms with Crippen LogP contribution in [0.2, 0.25) is 0 Å². The molecule has 0 aliphatic rings. The Labute approximate surface area is 162 Å². The minimum Gasteiger partial charge on any atom is -0.495 e. The summed E-state index contributed by atoms with van der Waals surface area (Å²) in [6.07, 6.45) is 3.54. The van der Waals surface area contributed by atoms with Gasteiger partial charge in [0.1, 0.15) is 11.8 Å². The van der Waals surface area contributed by atoms with Crippen LogP contribution in [0.15, 0.2) is 67.1 Å². The van der Waals surface area contributed by atoms with E-state index in [-0.39, 0.29) is 0 Å². The monoisotopic (exact) mass is 367 g/mol. The molecule has 0 unspecified atom stereocenters. The van der Waals surface area contributed by atoms with Crippen molar-refractivity contribution in [1.29, 1.82) is 10.5 Å². The van der Waals surface area contributed by atoms with E-state index in [4.69, 9.17) is 15.3 Å². The van der Waals surface area contributed by atoms with Crippen LogP contribution < -0.4 is 4.74 Å². The number of ether oxygens (including phenoxy) is 1. The first kappa shape index (κ1) is 18.6. The van der Waals surface area contributed by atoms with Gasteiger partial charge in [-0.1, -0.05) is 18.2 Å². The highest BCUT2D eigenvalue weighted by Crippen LogP contribution is 2.26. The number of aromatic nitrogens is 3. The Kier molecular flexibility index (Phi) is 5.64. The molecule has 0 bridgehead atoms. The molecule has 0 N–H and O–H groups in total. The number of rotatable bonds is 2. The molecule has 0 atom stereocenters. The van der Waals surface area contributed by atoms with E-state index in [9.17, 15) is 0 Å². The zero-order chi connectivity index (χ0) is 19.9. The van der Waals surface area contributed by atoms with E-state index in [0.717, 1.165) is 22.3 Å². The smallest absolute Gasteiger partial charge is 0.136 e. The summed E-state index contributed by atoms with van der Waals surface area (Å²) in [7, 11) is 3.48. The summed E-state index contributed by atoms with van der Waals surface area (Å²) in [5.74, 6) is 0.565. The van der Waals surface area contributed by atoms with Crippen molar-refractivity contribution in [3.63, 3.8) is 0 Å². The number of pyridine rings is 1. The quantitative estimate of drug-likeness (QED) is 0.533. The number of nitriles is 2. The van der Waals surface area contributed by atoms with Crippen LogP contribution in [0.3, 0.4) is 0 Å². The molecule has 4 aromatic rings. The van der Waals surface area contributed by atoms with Gasteiger partial charge in [0.2, 0.25) is 0 Å². The normalized spacial score (nSPS) is 9.71. The molecule has 6 heteroatoms. The third-order valence-electron chi connectivity index (χ3n) is 4.13. The van der Waals surface area contributed by atoms with Crippen molar-refractivity contribution in [1.82, 2.24) is 14.5 Å². The van der Waals surface area contributed by atoms with Crippen molar-refractivity contribution in [2.24, 2.45) is 7.05 Å². The second-order valence-corrected chi connectivity index (χ2v) is 5.92. The number of methoxy groups -OCH3 is 1. The van der Waals surface area contributed by atoms with E-state index in [0.29, 0.717) is 16.9 Å². The van der Waals surface area contributed by atoms with E-state index in [1.807, 2.05) is 48.0 Å². The van der Waals surface area contributed by atoms with Crippen molar-refractivity contribution in [3.05, 3.63) is 78.2 Å². The summed E-state index contributed by atoms with van der Waals surface area (Å²) in [5.41, 5.74) is 4.72. The summed E-state index contributed by atoms with van der Waals surface area (Å²) in [5, 5.41) is 17.4. The van der Waals surface area contributed by atoms with E-state index >= 15 is 0 Å². The van der Waals surface area contributed by atoms with Gasteiger partial charge in [-0.05, 0) is 36.4 Å². The average molecular weight is 367 g/mol. The summed E-state index contributed by atoms with van der Waals surface area (Å²) >= 11 is 0. The molecule has 0 saturated heterocycles. The van der Waals surface area contributed by atoms with Gasteiger partial charge in [0, 0.05) is 12.6 Å². The minimum atomic E-state index is 0.493. The number of imidazole rings is 1. The average Bonchev–Trinajstić information content (AvgIpc) is 3.14. The van der Waals surface area contributed by atoms with Gasteiger partial charge < -0.3 is 9.30 Å². The molecule has 0 radical (unpaired) electrons. The molecule has 0 spiro atoms. The lowest BCUT2D eigenvalue weighted by Crippen LogP contribution is -1.91. The highest BCUT2D eigenvalue weighted by atomic mass is 16.5. The Morgan fingerprint density at radius 2 is 1.75 bits per heavy atom. The second kappa shape index (κ2) is 8.48. The molecule has 0 fully saturated rings. The summed E-state index contributed by atoms with van der Waals surface area (Å²) < 4.78 is 7.06. The van der Waals surface area contributed by atoms with Gasteiger partial charge in [0.15, 0.2) is 0 Å². The Hall–Kier alpha value is -4.16. The van der Waals surface area contributed by atoms with Crippen LogP contribution in [0, 0.1) is 22.7 Å². The third kappa shape index (κ3) is 3.98. The van der Waals surface area contributed by atoms with Crippen molar-refractivity contribution in [2.75, 3.05) is 7.11 Å². The molecule has 2 aromatic heterocycles. The van der Waals surface area contributed by atoms with Crippen LogP contribution in [-0.2, 0) is 7.05 Å². The van der Waals surface area contributed by atoms with Crippen LogP contribution >= 0.6 is 0 Å². The molecule has 2 aromatic carbocycles. The number of aryl methyl sites for hydroxylation is 1. The maximum Gasteiger partial charge on any atom is 0.136 e. The molecular formula is C22H17N5O. The molecule has 2 heterocycles. The highest BCUT2D eigenvalue weighted by Gasteiger charge is 2.08. The molecule has 6 nitrogen and oxygen atoms in total.